The molecule has 0 fully saturated rings. The normalized spacial score (nSPS) is 12.3. The first-order valence-corrected chi connectivity index (χ1v) is 7.27. The summed E-state index contributed by atoms with van der Waals surface area (Å²) in [5, 5.41) is 3.41. The first-order valence-electron chi connectivity index (χ1n) is 7.27. The van der Waals surface area contributed by atoms with Crippen LogP contribution < -0.4 is 5.32 Å². The molecule has 0 aromatic carbocycles. The van der Waals surface area contributed by atoms with Crippen molar-refractivity contribution in [2.75, 3.05) is 6.61 Å². The molecule has 3 nitrogen and oxygen atoms in total. The summed E-state index contributed by atoms with van der Waals surface area (Å²) in [6.45, 7) is 13.1. The maximum atomic E-state index is 5.72. The van der Waals surface area contributed by atoms with Gasteiger partial charge in [0.05, 0.1) is 6.54 Å². The summed E-state index contributed by atoms with van der Waals surface area (Å²) in [5.41, 5.74) is 0.111. The Kier molecular flexibility index (Phi) is 6.59. The van der Waals surface area contributed by atoms with Crippen molar-refractivity contribution in [2.45, 2.75) is 66.2 Å². The maximum Gasteiger partial charge on any atom is 0.129 e. The van der Waals surface area contributed by atoms with Gasteiger partial charge in [-0.3, -0.25) is 0 Å². The minimum atomic E-state index is 0.111. The van der Waals surface area contributed by atoms with Gasteiger partial charge in [-0.2, -0.15) is 0 Å². The van der Waals surface area contributed by atoms with Gasteiger partial charge in [-0.05, 0) is 51.7 Å². The van der Waals surface area contributed by atoms with Crippen LogP contribution >= 0.6 is 0 Å². The van der Waals surface area contributed by atoms with Gasteiger partial charge in [0.1, 0.15) is 18.1 Å². The van der Waals surface area contributed by atoms with Gasteiger partial charge >= 0.3 is 0 Å². The highest BCUT2D eigenvalue weighted by molar-refractivity contribution is 5.06. The number of furan rings is 1. The Balaban J connectivity index is 2.20. The first-order chi connectivity index (χ1) is 8.87. The van der Waals surface area contributed by atoms with Crippen molar-refractivity contribution in [3.8, 4) is 0 Å². The van der Waals surface area contributed by atoms with Crippen LogP contribution in [0, 0.1) is 5.92 Å². The molecule has 0 atom stereocenters. The van der Waals surface area contributed by atoms with E-state index in [-0.39, 0.29) is 5.54 Å². The Morgan fingerprint density at radius 1 is 1.21 bits per heavy atom. The van der Waals surface area contributed by atoms with Crippen molar-refractivity contribution in [3.05, 3.63) is 23.7 Å². The Bertz CT molecular complexity index is 350. The van der Waals surface area contributed by atoms with Gasteiger partial charge in [-0.1, -0.05) is 13.8 Å². The molecule has 1 aromatic rings. The molecule has 0 saturated carbocycles. The highest BCUT2D eigenvalue weighted by Gasteiger charge is 2.10. The number of hydrogen-bond acceptors (Lipinski definition) is 3. The molecule has 0 aliphatic rings. The zero-order valence-electron chi connectivity index (χ0n) is 13.1. The fourth-order valence-electron chi connectivity index (χ4n) is 1.71. The summed E-state index contributed by atoms with van der Waals surface area (Å²) in [5.74, 6) is 2.63. The van der Waals surface area contributed by atoms with Crippen LogP contribution in [0.25, 0.3) is 0 Å². The Morgan fingerprint density at radius 3 is 2.53 bits per heavy atom. The lowest BCUT2D eigenvalue weighted by Crippen LogP contribution is -2.34. The average Bonchev–Trinajstić information content (AvgIpc) is 2.72. The van der Waals surface area contributed by atoms with E-state index in [0.29, 0.717) is 6.61 Å². The number of rotatable bonds is 8. The average molecular weight is 267 g/mol. The van der Waals surface area contributed by atoms with Crippen LogP contribution in [0.5, 0.6) is 0 Å². The van der Waals surface area contributed by atoms with E-state index >= 15 is 0 Å². The smallest absolute Gasteiger partial charge is 0.129 e. The summed E-state index contributed by atoms with van der Waals surface area (Å²) in [4.78, 5) is 0. The standard InChI is InChI=1S/C16H29NO2/c1-13(2)7-6-10-18-12-15-9-8-14(19-15)11-17-16(3,4)5/h8-9,13,17H,6-7,10-12H2,1-5H3. The molecule has 0 bridgehead atoms. The van der Waals surface area contributed by atoms with Crippen LogP contribution in [0.4, 0.5) is 0 Å². The summed E-state index contributed by atoms with van der Waals surface area (Å²) in [6, 6.07) is 4.02. The van der Waals surface area contributed by atoms with Crippen LogP contribution in [0.3, 0.4) is 0 Å². The second-order valence-electron chi connectivity index (χ2n) is 6.56. The van der Waals surface area contributed by atoms with Gasteiger partial charge in [0, 0.05) is 12.1 Å². The fraction of sp³-hybridized carbons (Fsp3) is 0.750. The zero-order chi connectivity index (χ0) is 14.3. The van der Waals surface area contributed by atoms with Crippen LogP contribution in [-0.4, -0.2) is 12.1 Å². The molecule has 0 spiro atoms. The van der Waals surface area contributed by atoms with Gasteiger partial charge in [0.2, 0.25) is 0 Å². The largest absolute Gasteiger partial charge is 0.462 e. The van der Waals surface area contributed by atoms with E-state index < -0.39 is 0 Å². The topological polar surface area (TPSA) is 34.4 Å². The molecule has 3 heteroatoms. The summed E-state index contributed by atoms with van der Waals surface area (Å²) < 4.78 is 11.3. The minimum Gasteiger partial charge on any atom is -0.462 e. The number of nitrogens with one attached hydrogen (secondary N) is 1. The lowest BCUT2D eigenvalue weighted by atomic mass is 10.1. The van der Waals surface area contributed by atoms with Crippen LogP contribution in [0.15, 0.2) is 16.5 Å². The molecule has 0 amide bonds. The van der Waals surface area contributed by atoms with E-state index in [1.807, 2.05) is 12.1 Å². The molecule has 110 valence electrons. The second-order valence-corrected chi connectivity index (χ2v) is 6.56. The first kappa shape index (κ1) is 16.3. The summed E-state index contributed by atoms with van der Waals surface area (Å²) in [6.07, 6.45) is 2.34. The molecule has 1 aromatic heterocycles. The Hall–Kier alpha value is -0.800. The monoisotopic (exact) mass is 267 g/mol. The van der Waals surface area contributed by atoms with Gasteiger partial charge in [0.25, 0.3) is 0 Å². The second kappa shape index (κ2) is 7.71. The molecule has 1 N–H and O–H groups in total. The van der Waals surface area contributed by atoms with E-state index in [4.69, 9.17) is 9.15 Å². The predicted molar refractivity (Wildman–Crippen MR) is 79.0 cm³/mol. The van der Waals surface area contributed by atoms with Crippen molar-refractivity contribution in [1.29, 1.82) is 0 Å². The van der Waals surface area contributed by atoms with Gasteiger partial charge in [0.15, 0.2) is 0 Å². The Labute approximate surface area is 117 Å². The van der Waals surface area contributed by atoms with E-state index in [1.54, 1.807) is 0 Å². The van der Waals surface area contributed by atoms with Crippen molar-refractivity contribution in [3.63, 3.8) is 0 Å². The Morgan fingerprint density at radius 2 is 1.89 bits per heavy atom. The van der Waals surface area contributed by atoms with Gasteiger partial charge < -0.3 is 14.5 Å². The molecule has 0 aliphatic heterocycles. The van der Waals surface area contributed by atoms with Crippen molar-refractivity contribution in [2.24, 2.45) is 5.92 Å². The van der Waals surface area contributed by atoms with Gasteiger partial charge in [-0.25, -0.2) is 0 Å². The quantitative estimate of drug-likeness (QED) is 0.719. The predicted octanol–water partition coefficient (Wildman–Crippen LogP) is 4.12. The minimum absolute atomic E-state index is 0.111. The molecule has 19 heavy (non-hydrogen) atoms. The third kappa shape index (κ3) is 8.06. The number of hydrogen-bond donors (Lipinski definition) is 1. The SMILES string of the molecule is CC(C)CCCOCc1ccc(CNC(C)(C)C)o1. The molecule has 0 aliphatic carbocycles. The van der Waals surface area contributed by atoms with Crippen LogP contribution in [-0.2, 0) is 17.9 Å². The van der Waals surface area contributed by atoms with E-state index in [9.17, 15) is 0 Å². The van der Waals surface area contributed by atoms with Crippen LogP contribution in [0.2, 0.25) is 0 Å². The fourth-order valence-corrected chi connectivity index (χ4v) is 1.71. The maximum absolute atomic E-state index is 5.72. The lowest BCUT2D eigenvalue weighted by Gasteiger charge is -2.19. The highest BCUT2D eigenvalue weighted by Crippen LogP contribution is 2.11. The zero-order valence-corrected chi connectivity index (χ0v) is 13.1. The van der Waals surface area contributed by atoms with Crippen LogP contribution in [0.1, 0.15) is 59.0 Å². The highest BCUT2D eigenvalue weighted by atomic mass is 16.5. The third-order valence-electron chi connectivity index (χ3n) is 2.82. The number of ether oxygens (including phenoxy) is 1. The van der Waals surface area contributed by atoms with Crippen molar-refractivity contribution >= 4 is 0 Å². The van der Waals surface area contributed by atoms with E-state index in [0.717, 1.165) is 37.0 Å². The molecule has 1 heterocycles. The lowest BCUT2D eigenvalue weighted by molar-refractivity contribution is 0.0996. The van der Waals surface area contributed by atoms with Crippen molar-refractivity contribution in [1.82, 2.24) is 5.32 Å². The third-order valence-corrected chi connectivity index (χ3v) is 2.82. The summed E-state index contributed by atoms with van der Waals surface area (Å²) >= 11 is 0. The van der Waals surface area contributed by atoms with Gasteiger partial charge in [-0.15, -0.1) is 0 Å². The molecule has 0 radical (unpaired) electrons. The summed E-state index contributed by atoms with van der Waals surface area (Å²) in [7, 11) is 0. The molecule has 0 unspecified atom stereocenters. The molecular formula is C16H29NO2. The van der Waals surface area contributed by atoms with E-state index in [2.05, 4.69) is 39.9 Å². The van der Waals surface area contributed by atoms with E-state index in [1.165, 1.54) is 6.42 Å². The molecular weight excluding hydrogens is 238 g/mol. The molecule has 0 saturated heterocycles. The van der Waals surface area contributed by atoms with Crippen molar-refractivity contribution < 1.29 is 9.15 Å². The molecule has 1 rings (SSSR count).